The fourth-order valence-corrected chi connectivity index (χ4v) is 2.43. The van der Waals surface area contributed by atoms with Crippen molar-refractivity contribution in [3.05, 3.63) is 40.1 Å². The summed E-state index contributed by atoms with van der Waals surface area (Å²) in [6.45, 7) is 3.08. The summed E-state index contributed by atoms with van der Waals surface area (Å²) in [7, 11) is 3.94. The second-order valence-corrected chi connectivity index (χ2v) is 5.39. The summed E-state index contributed by atoms with van der Waals surface area (Å²) in [5, 5.41) is 7.73. The number of rotatable bonds is 4. The van der Waals surface area contributed by atoms with Gasteiger partial charge in [0, 0.05) is 36.2 Å². The zero-order chi connectivity index (χ0) is 13.1. The van der Waals surface area contributed by atoms with Crippen LogP contribution in [-0.4, -0.2) is 23.4 Å². The third kappa shape index (κ3) is 2.82. The summed E-state index contributed by atoms with van der Waals surface area (Å²) in [6, 6.07) is 6.37. The Kier molecular flexibility index (Phi) is 4.19. The summed E-state index contributed by atoms with van der Waals surface area (Å²) in [5.74, 6) is 0. The lowest BCUT2D eigenvalue weighted by atomic mass is 10.0. The van der Waals surface area contributed by atoms with Crippen LogP contribution < -0.4 is 5.32 Å². The highest BCUT2D eigenvalue weighted by Gasteiger charge is 2.11. The fourth-order valence-electron chi connectivity index (χ4n) is 2.07. The lowest BCUT2D eigenvalue weighted by Crippen LogP contribution is -2.11. The topological polar surface area (TPSA) is 29.9 Å². The van der Waals surface area contributed by atoms with Crippen LogP contribution in [0, 0.1) is 6.92 Å². The normalized spacial score (nSPS) is 10.9. The highest BCUT2D eigenvalue weighted by molar-refractivity contribution is 9.10. The average Bonchev–Trinajstić information content (AvgIpc) is 2.71. The number of aromatic nitrogens is 2. The standard InChI is InChI=1S/C14H18BrN3/c1-10-4-5-11(15)8-12(10)13-9-18(3)17-14(13)6-7-16-2/h4-5,8-9,16H,6-7H2,1-3H3. The molecule has 0 amide bonds. The number of aryl methyl sites for hydroxylation is 2. The third-order valence-corrected chi connectivity index (χ3v) is 3.50. The predicted octanol–water partition coefficient (Wildman–Crippen LogP) is 2.92. The van der Waals surface area contributed by atoms with E-state index in [4.69, 9.17) is 0 Å². The monoisotopic (exact) mass is 307 g/mol. The van der Waals surface area contributed by atoms with Crippen molar-refractivity contribution in [1.82, 2.24) is 15.1 Å². The molecule has 2 rings (SSSR count). The SMILES string of the molecule is CNCCc1nn(C)cc1-c1cc(Br)ccc1C. The number of halogens is 1. The molecule has 0 aliphatic rings. The van der Waals surface area contributed by atoms with Crippen LogP contribution in [0.25, 0.3) is 11.1 Å². The van der Waals surface area contributed by atoms with E-state index in [1.165, 1.54) is 16.7 Å². The number of nitrogens with zero attached hydrogens (tertiary/aromatic N) is 2. The van der Waals surface area contributed by atoms with Gasteiger partial charge < -0.3 is 5.32 Å². The lowest BCUT2D eigenvalue weighted by Gasteiger charge is -2.06. The third-order valence-electron chi connectivity index (χ3n) is 3.01. The molecular weight excluding hydrogens is 290 g/mol. The van der Waals surface area contributed by atoms with E-state index < -0.39 is 0 Å². The number of hydrogen-bond acceptors (Lipinski definition) is 2. The average molecular weight is 308 g/mol. The Morgan fingerprint density at radius 3 is 2.83 bits per heavy atom. The maximum Gasteiger partial charge on any atom is 0.0715 e. The molecule has 1 aromatic carbocycles. The Bertz CT molecular complexity index is 546. The molecule has 18 heavy (non-hydrogen) atoms. The smallest absolute Gasteiger partial charge is 0.0715 e. The van der Waals surface area contributed by atoms with E-state index in [0.29, 0.717) is 0 Å². The van der Waals surface area contributed by atoms with E-state index in [1.807, 2.05) is 18.8 Å². The molecule has 1 N–H and O–H groups in total. The maximum atomic E-state index is 4.56. The first-order valence-electron chi connectivity index (χ1n) is 6.05. The van der Waals surface area contributed by atoms with Crippen LogP contribution in [0.5, 0.6) is 0 Å². The zero-order valence-corrected chi connectivity index (χ0v) is 12.6. The van der Waals surface area contributed by atoms with Gasteiger partial charge in [0.25, 0.3) is 0 Å². The van der Waals surface area contributed by atoms with E-state index in [2.05, 4.69) is 57.7 Å². The molecule has 0 bridgehead atoms. The van der Waals surface area contributed by atoms with Gasteiger partial charge in [0.15, 0.2) is 0 Å². The molecule has 2 aromatic rings. The Morgan fingerprint density at radius 2 is 2.11 bits per heavy atom. The highest BCUT2D eigenvalue weighted by atomic mass is 79.9. The van der Waals surface area contributed by atoms with Crippen molar-refractivity contribution in [2.24, 2.45) is 7.05 Å². The van der Waals surface area contributed by atoms with Gasteiger partial charge in [-0.25, -0.2) is 0 Å². The molecular formula is C14H18BrN3. The molecule has 0 atom stereocenters. The second-order valence-electron chi connectivity index (χ2n) is 4.48. The van der Waals surface area contributed by atoms with Crippen molar-refractivity contribution in [1.29, 1.82) is 0 Å². The molecule has 0 radical (unpaired) electrons. The van der Waals surface area contributed by atoms with E-state index in [1.54, 1.807) is 0 Å². The van der Waals surface area contributed by atoms with Crippen molar-refractivity contribution in [3.8, 4) is 11.1 Å². The van der Waals surface area contributed by atoms with Crippen LogP contribution in [0.4, 0.5) is 0 Å². The van der Waals surface area contributed by atoms with Crippen LogP contribution in [-0.2, 0) is 13.5 Å². The van der Waals surface area contributed by atoms with E-state index in [9.17, 15) is 0 Å². The number of nitrogens with one attached hydrogen (secondary N) is 1. The van der Waals surface area contributed by atoms with Gasteiger partial charge in [-0.1, -0.05) is 22.0 Å². The van der Waals surface area contributed by atoms with E-state index in [-0.39, 0.29) is 0 Å². The van der Waals surface area contributed by atoms with Gasteiger partial charge in [0.2, 0.25) is 0 Å². The van der Waals surface area contributed by atoms with E-state index in [0.717, 1.165) is 23.1 Å². The lowest BCUT2D eigenvalue weighted by molar-refractivity contribution is 0.717. The largest absolute Gasteiger partial charge is 0.319 e. The minimum Gasteiger partial charge on any atom is -0.319 e. The van der Waals surface area contributed by atoms with Crippen molar-refractivity contribution in [2.75, 3.05) is 13.6 Å². The summed E-state index contributed by atoms with van der Waals surface area (Å²) in [4.78, 5) is 0. The van der Waals surface area contributed by atoms with Gasteiger partial charge in [-0.15, -0.1) is 0 Å². The maximum absolute atomic E-state index is 4.56. The molecule has 0 fully saturated rings. The van der Waals surface area contributed by atoms with Crippen LogP contribution in [0.3, 0.4) is 0 Å². The van der Waals surface area contributed by atoms with Gasteiger partial charge in [0.05, 0.1) is 5.69 Å². The summed E-state index contributed by atoms with van der Waals surface area (Å²) < 4.78 is 2.99. The minimum atomic E-state index is 0.942. The summed E-state index contributed by atoms with van der Waals surface area (Å²) in [6.07, 6.45) is 3.04. The number of likely N-dealkylation sites (N-methyl/N-ethyl adjacent to an activating group) is 1. The van der Waals surface area contributed by atoms with Gasteiger partial charge in [-0.2, -0.15) is 5.10 Å². The molecule has 96 valence electrons. The van der Waals surface area contributed by atoms with Gasteiger partial charge >= 0.3 is 0 Å². The van der Waals surface area contributed by atoms with Crippen molar-refractivity contribution >= 4 is 15.9 Å². The number of hydrogen-bond donors (Lipinski definition) is 1. The Morgan fingerprint density at radius 1 is 1.33 bits per heavy atom. The summed E-state index contributed by atoms with van der Waals surface area (Å²) >= 11 is 3.54. The van der Waals surface area contributed by atoms with Gasteiger partial charge in [-0.3, -0.25) is 4.68 Å². The second kappa shape index (κ2) is 5.67. The van der Waals surface area contributed by atoms with Crippen molar-refractivity contribution in [2.45, 2.75) is 13.3 Å². The first kappa shape index (κ1) is 13.3. The predicted molar refractivity (Wildman–Crippen MR) is 78.7 cm³/mol. The van der Waals surface area contributed by atoms with E-state index >= 15 is 0 Å². The first-order chi connectivity index (χ1) is 8.61. The molecule has 0 saturated heterocycles. The van der Waals surface area contributed by atoms with Gasteiger partial charge in [-0.05, 0) is 37.2 Å². The van der Waals surface area contributed by atoms with Gasteiger partial charge in [0.1, 0.15) is 0 Å². The molecule has 0 saturated carbocycles. The van der Waals surface area contributed by atoms with Crippen LogP contribution >= 0.6 is 15.9 Å². The molecule has 0 spiro atoms. The highest BCUT2D eigenvalue weighted by Crippen LogP contribution is 2.29. The molecule has 0 aliphatic heterocycles. The molecule has 4 heteroatoms. The Hall–Kier alpha value is -1.13. The Labute approximate surface area is 116 Å². The fraction of sp³-hybridized carbons (Fsp3) is 0.357. The molecule has 1 heterocycles. The number of benzene rings is 1. The zero-order valence-electron chi connectivity index (χ0n) is 11.0. The van der Waals surface area contributed by atoms with Crippen LogP contribution in [0.15, 0.2) is 28.9 Å². The Balaban J connectivity index is 2.45. The molecule has 0 unspecified atom stereocenters. The van der Waals surface area contributed by atoms with Crippen molar-refractivity contribution < 1.29 is 0 Å². The van der Waals surface area contributed by atoms with Crippen molar-refractivity contribution in [3.63, 3.8) is 0 Å². The molecule has 1 aromatic heterocycles. The first-order valence-corrected chi connectivity index (χ1v) is 6.84. The molecule has 3 nitrogen and oxygen atoms in total. The molecule has 0 aliphatic carbocycles. The summed E-state index contributed by atoms with van der Waals surface area (Å²) in [5.41, 5.74) is 4.90. The van der Waals surface area contributed by atoms with Crippen LogP contribution in [0.2, 0.25) is 0 Å². The quantitative estimate of drug-likeness (QED) is 0.941. The van der Waals surface area contributed by atoms with Crippen LogP contribution in [0.1, 0.15) is 11.3 Å². The minimum absolute atomic E-state index is 0.942.